The Morgan fingerprint density at radius 3 is 3.06 bits per heavy atom. The first kappa shape index (κ1) is 10.7. The van der Waals surface area contributed by atoms with E-state index < -0.39 is 0 Å². The number of nitrogens with zero attached hydrogens (tertiary/aromatic N) is 1. The molecule has 0 amide bonds. The highest BCUT2D eigenvalue weighted by Crippen LogP contribution is 2.41. The molecule has 0 radical (unpaired) electrons. The molecule has 1 aliphatic carbocycles. The van der Waals surface area contributed by atoms with E-state index in [4.69, 9.17) is 5.73 Å². The summed E-state index contributed by atoms with van der Waals surface area (Å²) in [6.07, 6.45) is 7.72. The molecule has 2 N–H and O–H groups in total. The molecule has 1 aliphatic rings. The number of benzene rings is 1. The van der Waals surface area contributed by atoms with Crippen molar-refractivity contribution in [2.24, 2.45) is 11.7 Å². The van der Waals surface area contributed by atoms with Crippen LogP contribution in [0.5, 0.6) is 0 Å². The Morgan fingerprint density at radius 1 is 1.24 bits per heavy atom. The van der Waals surface area contributed by atoms with Crippen LogP contribution in [0.1, 0.15) is 30.7 Å². The zero-order valence-corrected chi connectivity index (χ0v) is 9.97. The van der Waals surface area contributed by atoms with Crippen molar-refractivity contribution in [1.82, 2.24) is 4.98 Å². The van der Waals surface area contributed by atoms with Gasteiger partial charge in [-0.15, -0.1) is 0 Å². The van der Waals surface area contributed by atoms with E-state index in [2.05, 4.69) is 29.2 Å². The molecule has 0 saturated heterocycles. The minimum atomic E-state index is 0.632. The molecule has 2 unspecified atom stereocenters. The normalized spacial score (nSPS) is 24.3. The van der Waals surface area contributed by atoms with Gasteiger partial charge in [-0.05, 0) is 48.2 Å². The van der Waals surface area contributed by atoms with Gasteiger partial charge in [0.05, 0.1) is 0 Å². The second kappa shape index (κ2) is 4.46. The molecule has 88 valence electrons. The molecule has 2 atom stereocenters. The molecule has 0 bridgehead atoms. The third-order valence-electron chi connectivity index (χ3n) is 4.08. The van der Waals surface area contributed by atoms with E-state index in [0.717, 1.165) is 6.54 Å². The Balaban J connectivity index is 2.10. The average Bonchev–Trinajstić information content (AvgIpc) is 2.86. The van der Waals surface area contributed by atoms with Crippen molar-refractivity contribution in [3.63, 3.8) is 0 Å². The van der Waals surface area contributed by atoms with Crippen molar-refractivity contribution in [1.29, 1.82) is 0 Å². The first-order chi connectivity index (χ1) is 8.40. The van der Waals surface area contributed by atoms with Gasteiger partial charge in [-0.2, -0.15) is 0 Å². The van der Waals surface area contributed by atoms with Gasteiger partial charge in [-0.25, -0.2) is 0 Å². The molecule has 0 spiro atoms. The highest BCUT2D eigenvalue weighted by molar-refractivity contribution is 5.85. The quantitative estimate of drug-likeness (QED) is 0.854. The van der Waals surface area contributed by atoms with Gasteiger partial charge in [0.1, 0.15) is 0 Å². The summed E-state index contributed by atoms with van der Waals surface area (Å²) in [5.74, 6) is 1.29. The number of fused-ring (bicyclic) bond motifs is 1. The highest BCUT2D eigenvalue weighted by Gasteiger charge is 2.28. The fraction of sp³-hybridized carbons (Fsp3) is 0.400. The van der Waals surface area contributed by atoms with Gasteiger partial charge in [0, 0.05) is 17.8 Å². The lowest BCUT2D eigenvalue weighted by molar-refractivity contribution is 0.498. The van der Waals surface area contributed by atoms with Crippen LogP contribution in [0.25, 0.3) is 10.8 Å². The number of hydrogen-bond acceptors (Lipinski definition) is 2. The van der Waals surface area contributed by atoms with Crippen LogP contribution in [0, 0.1) is 5.92 Å². The molecule has 17 heavy (non-hydrogen) atoms. The van der Waals surface area contributed by atoms with E-state index in [0.29, 0.717) is 11.8 Å². The van der Waals surface area contributed by atoms with Crippen LogP contribution in [-0.4, -0.2) is 11.5 Å². The summed E-state index contributed by atoms with van der Waals surface area (Å²) in [5.41, 5.74) is 7.34. The van der Waals surface area contributed by atoms with Gasteiger partial charge >= 0.3 is 0 Å². The van der Waals surface area contributed by atoms with Gasteiger partial charge < -0.3 is 5.73 Å². The van der Waals surface area contributed by atoms with Gasteiger partial charge in [0.15, 0.2) is 0 Å². The largest absolute Gasteiger partial charge is 0.330 e. The highest BCUT2D eigenvalue weighted by atomic mass is 14.6. The molecule has 2 nitrogen and oxygen atoms in total. The maximum Gasteiger partial charge on any atom is 0.0349 e. The first-order valence-corrected chi connectivity index (χ1v) is 6.43. The van der Waals surface area contributed by atoms with Gasteiger partial charge in [-0.1, -0.05) is 24.6 Å². The van der Waals surface area contributed by atoms with E-state index in [-0.39, 0.29) is 0 Å². The monoisotopic (exact) mass is 226 g/mol. The molecule has 1 saturated carbocycles. The molecule has 1 aromatic carbocycles. The molecule has 1 aromatic heterocycles. The Hall–Kier alpha value is -1.41. The van der Waals surface area contributed by atoms with Crippen LogP contribution in [0.4, 0.5) is 0 Å². The average molecular weight is 226 g/mol. The maximum atomic E-state index is 5.89. The van der Waals surface area contributed by atoms with Crippen molar-refractivity contribution in [2.45, 2.75) is 25.2 Å². The molecule has 3 rings (SSSR count). The Labute approximate surface area is 102 Å². The summed E-state index contributed by atoms with van der Waals surface area (Å²) in [6, 6.07) is 8.66. The molecule has 1 heterocycles. The predicted octanol–water partition coefficient (Wildman–Crippen LogP) is 3.08. The summed E-state index contributed by atoms with van der Waals surface area (Å²) >= 11 is 0. The third-order valence-corrected chi connectivity index (χ3v) is 4.08. The summed E-state index contributed by atoms with van der Waals surface area (Å²) < 4.78 is 0. The first-order valence-electron chi connectivity index (χ1n) is 6.43. The summed E-state index contributed by atoms with van der Waals surface area (Å²) in [6.45, 7) is 0.807. The van der Waals surface area contributed by atoms with Gasteiger partial charge in [-0.3, -0.25) is 4.98 Å². The lowest BCUT2D eigenvalue weighted by Gasteiger charge is -2.19. The van der Waals surface area contributed by atoms with Crippen LogP contribution in [0.15, 0.2) is 36.7 Å². The van der Waals surface area contributed by atoms with Crippen LogP contribution < -0.4 is 5.73 Å². The zero-order valence-electron chi connectivity index (χ0n) is 9.97. The number of aromatic nitrogens is 1. The van der Waals surface area contributed by atoms with Crippen molar-refractivity contribution in [3.05, 3.63) is 42.2 Å². The van der Waals surface area contributed by atoms with Crippen LogP contribution >= 0.6 is 0 Å². The Kier molecular flexibility index (Phi) is 2.81. The molecule has 0 aliphatic heterocycles. The lowest BCUT2D eigenvalue weighted by atomic mass is 9.86. The fourth-order valence-corrected chi connectivity index (χ4v) is 3.19. The number of pyridine rings is 1. The molecular formula is C15H18N2. The van der Waals surface area contributed by atoms with E-state index in [1.54, 1.807) is 0 Å². The summed E-state index contributed by atoms with van der Waals surface area (Å²) in [5, 5.41) is 2.60. The van der Waals surface area contributed by atoms with Gasteiger partial charge in [0.2, 0.25) is 0 Å². The van der Waals surface area contributed by atoms with Crippen molar-refractivity contribution < 1.29 is 0 Å². The number of nitrogens with two attached hydrogens (primary N) is 1. The second-order valence-electron chi connectivity index (χ2n) is 4.98. The maximum absolute atomic E-state index is 5.89. The molecule has 2 aromatic rings. The summed E-state index contributed by atoms with van der Waals surface area (Å²) in [4.78, 5) is 4.26. The van der Waals surface area contributed by atoms with Crippen LogP contribution in [0.3, 0.4) is 0 Å². The van der Waals surface area contributed by atoms with E-state index in [1.165, 1.54) is 35.6 Å². The molecule has 2 heteroatoms. The van der Waals surface area contributed by atoms with E-state index >= 15 is 0 Å². The molecule has 1 fully saturated rings. The SMILES string of the molecule is NCC1CCCC1c1cccc2ccncc12. The lowest BCUT2D eigenvalue weighted by Crippen LogP contribution is -2.17. The van der Waals surface area contributed by atoms with Crippen molar-refractivity contribution in [2.75, 3.05) is 6.54 Å². The topological polar surface area (TPSA) is 38.9 Å². The standard InChI is InChI=1S/C15H18N2/c16-9-12-4-2-5-13(12)14-6-1-3-11-7-8-17-10-15(11)14/h1,3,6-8,10,12-13H,2,4-5,9,16H2. The van der Waals surface area contributed by atoms with Crippen LogP contribution in [-0.2, 0) is 0 Å². The Bertz CT molecular complexity index is 516. The van der Waals surface area contributed by atoms with E-state index in [9.17, 15) is 0 Å². The minimum Gasteiger partial charge on any atom is -0.330 e. The van der Waals surface area contributed by atoms with Crippen molar-refractivity contribution >= 4 is 10.8 Å². The predicted molar refractivity (Wildman–Crippen MR) is 70.9 cm³/mol. The van der Waals surface area contributed by atoms with Crippen molar-refractivity contribution in [3.8, 4) is 0 Å². The second-order valence-corrected chi connectivity index (χ2v) is 4.98. The van der Waals surface area contributed by atoms with Gasteiger partial charge in [0.25, 0.3) is 0 Å². The number of rotatable bonds is 2. The van der Waals surface area contributed by atoms with E-state index in [1.807, 2.05) is 12.4 Å². The van der Waals surface area contributed by atoms with Crippen LogP contribution in [0.2, 0.25) is 0 Å². The Morgan fingerprint density at radius 2 is 2.18 bits per heavy atom. The third kappa shape index (κ3) is 1.83. The zero-order chi connectivity index (χ0) is 11.7. The fourth-order valence-electron chi connectivity index (χ4n) is 3.19. The molecular weight excluding hydrogens is 208 g/mol. The minimum absolute atomic E-state index is 0.632. The number of hydrogen-bond donors (Lipinski definition) is 1. The smallest absolute Gasteiger partial charge is 0.0349 e. The summed E-state index contributed by atoms with van der Waals surface area (Å²) in [7, 11) is 0.